The Kier molecular flexibility index (Phi) is 2.93. The SMILES string of the molecule is FC1(C2CCOC3(CCSCC3)C2)CNC1. The first-order chi connectivity index (χ1) is 7.73. The van der Waals surface area contributed by atoms with Gasteiger partial charge in [-0.2, -0.15) is 11.8 Å². The molecule has 3 aliphatic rings. The van der Waals surface area contributed by atoms with Crippen LogP contribution in [0.2, 0.25) is 0 Å². The molecule has 3 fully saturated rings. The summed E-state index contributed by atoms with van der Waals surface area (Å²) in [6, 6.07) is 0. The first-order valence-corrected chi connectivity index (χ1v) is 7.49. The van der Waals surface area contributed by atoms with Gasteiger partial charge in [-0.05, 0) is 37.2 Å². The van der Waals surface area contributed by atoms with Gasteiger partial charge in [0.25, 0.3) is 0 Å². The Balaban J connectivity index is 1.69. The summed E-state index contributed by atoms with van der Waals surface area (Å²) in [7, 11) is 0. The van der Waals surface area contributed by atoms with Crippen LogP contribution in [0, 0.1) is 5.92 Å². The maximum absolute atomic E-state index is 14.4. The van der Waals surface area contributed by atoms with Crippen molar-refractivity contribution >= 4 is 11.8 Å². The predicted octanol–water partition coefficient (Wildman–Crippen LogP) is 1.99. The summed E-state index contributed by atoms with van der Waals surface area (Å²) >= 11 is 2.00. The molecule has 1 atom stereocenters. The Morgan fingerprint density at radius 3 is 2.62 bits per heavy atom. The third-order valence-electron chi connectivity index (χ3n) is 4.47. The Morgan fingerprint density at radius 2 is 2.00 bits per heavy atom. The van der Waals surface area contributed by atoms with E-state index in [0.717, 1.165) is 32.3 Å². The van der Waals surface area contributed by atoms with Gasteiger partial charge in [0.2, 0.25) is 0 Å². The standard InChI is InChI=1S/C12H20FNOS/c13-12(8-14-9-12)10-1-4-15-11(7-10)2-5-16-6-3-11/h10,14H,1-9H2. The van der Waals surface area contributed by atoms with E-state index in [9.17, 15) is 4.39 Å². The largest absolute Gasteiger partial charge is 0.375 e. The molecule has 0 aromatic rings. The molecule has 0 aromatic carbocycles. The summed E-state index contributed by atoms with van der Waals surface area (Å²) in [6.45, 7) is 1.88. The molecule has 0 saturated carbocycles. The average Bonchev–Trinajstić information content (AvgIpc) is 2.27. The highest BCUT2D eigenvalue weighted by molar-refractivity contribution is 7.99. The molecule has 0 aliphatic carbocycles. The van der Waals surface area contributed by atoms with Crippen LogP contribution in [0.3, 0.4) is 0 Å². The highest BCUT2D eigenvalue weighted by Gasteiger charge is 2.50. The molecule has 3 heterocycles. The lowest BCUT2D eigenvalue weighted by molar-refractivity contribution is -0.137. The Labute approximate surface area is 101 Å². The number of thioether (sulfide) groups is 1. The summed E-state index contributed by atoms with van der Waals surface area (Å²) < 4.78 is 20.4. The van der Waals surface area contributed by atoms with Crippen LogP contribution in [-0.4, -0.2) is 42.5 Å². The number of rotatable bonds is 1. The first-order valence-electron chi connectivity index (χ1n) is 6.34. The van der Waals surface area contributed by atoms with Crippen LogP contribution >= 0.6 is 11.8 Å². The monoisotopic (exact) mass is 245 g/mol. The minimum absolute atomic E-state index is 0.0306. The first kappa shape index (κ1) is 11.3. The van der Waals surface area contributed by atoms with Crippen molar-refractivity contribution in [2.24, 2.45) is 5.92 Å². The molecular weight excluding hydrogens is 225 g/mol. The third kappa shape index (κ3) is 1.89. The van der Waals surface area contributed by atoms with Crippen molar-refractivity contribution in [2.45, 2.75) is 37.0 Å². The second-order valence-electron chi connectivity index (χ2n) is 5.47. The topological polar surface area (TPSA) is 21.3 Å². The molecule has 0 bridgehead atoms. The van der Waals surface area contributed by atoms with Crippen LogP contribution in [0.5, 0.6) is 0 Å². The zero-order valence-electron chi connectivity index (χ0n) is 9.64. The molecule has 4 heteroatoms. The number of ether oxygens (including phenoxy) is 1. The van der Waals surface area contributed by atoms with Gasteiger partial charge in [0.15, 0.2) is 0 Å². The van der Waals surface area contributed by atoms with E-state index in [1.54, 1.807) is 0 Å². The molecule has 2 nitrogen and oxygen atoms in total. The number of halogens is 1. The number of hydrogen-bond donors (Lipinski definition) is 1. The van der Waals surface area contributed by atoms with Gasteiger partial charge >= 0.3 is 0 Å². The molecule has 3 rings (SSSR count). The van der Waals surface area contributed by atoms with Crippen LogP contribution in [0.15, 0.2) is 0 Å². The van der Waals surface area contributed by atoms with Gasteiger partial charge in [-0.1, -0.05) is 0 Å². The Morgan fingerprint density at radius 1 is 1.25 bits per heavy atom. The summed E-state index contributed by atoms with van der Waals surface area (Å²) in [5.41, 5.74) is -0.899. The van der Waals surface area contributed by atoms with E-state index in [-0.39, 0.29) is 11.5 Å². The maximum Gasteiger partial charge on any atom is 0.138 e. The molecule has 0 radical (unpaired) electrons. The van der Waals surface area contributed by atoms with Crippen molar-refractivity contribution < 1.29 is 9.13 Å². The van der Waals surface area contributed by atoms with Gasteiger partial charge < -0.3 is 10.1 Å². The summed E-state index contributed by atoms with van der Waals surface area (Å²) in [5.74, 6) is 2.60. The van der Waals surface area contributed by atoms with E-state index >= 15 is 0 Å². The Hall–Kier alpha value is 0.200. The van der Waals surface area contributed by atoms with Gasteiger partial charge in [0, 0.05) is 25.6 Å². The van der Waals surface area contributed by atoms with Crippen molar-refractivity contribution in [3.63, 3.8) is 0 Å². The highest BCUT2D eigenvalue weighted by atomic mass is 32.2. The fourth-order valence-corrected chi connectivity index (χ4v) is 4.45. The lowest BCUT2D eigenvalue weighted by Crippen LogP contribution is -2.63. The molecule has 1 N–H and O–H groups in total. The van der Waals surface area contributed by atoms with Crippen LogP contribution in [-0.2, 0) is 4.74 Å². The fourth-order valence-electron chi connectivity index (χ4n) is 3.21. The van der Waals surface area contributed by atoms with Crippen LogP contribution in [0.4, 0.5) is 4.39 Å². The molecule has 1 spiro atoms. The summed E-state index contributed by atoms with van der Waals surface area (Å²) in [6.07, 6.45) is 4.11. The third-order valence-corrected chi connectivity index (χ3v) is 5.45. The number of alkyl halides is 1. The lowest BCUT2D eigenvalue weighted by Gasteiger charge is -2.50. The summed E-state index contributed by atoms with van der Waals surface area (Å²) in [4.78, 5) is 0. The van der Waals surface area contributed by atoms with Gasteiger partial charge in [-0.3, -0.25) is 0 Å². The van der Waals surface area contributed by atoms with Crippen molar-refractivity contribution in [3.05, 3.63) is 0 Å². The minimum Gasteiger partial charge on any atom is -0.375 e. The van der Waals surface area contributed by atoms with Gasteiger partial charge in [0.05, 0.1) is 5.60 Å². The van der Waals surface area contributed by atoms with Crippen LogP contribution in [0.25, 0.3) is 0 Å². The molecular formula is C12H20FNOS. The van der Waals surface area contributed by atoms with Crippen LogP contribution in [0.1, 0.15) is 25.7 Å². The number of nitrogens with one attached hydrogen (secondary N) is 1. The molecule has 92 valence electrons. The number of hydrogen-bond acceptors (Lipinski definition) is 3. The normalized spacial score (nSPS) is 36.9. The molecule has 1 unspecified atom stereocenters. The molecule has 16 heavy (non-hydrogen) atoms. The predicted molar refractivity (Wildman–Crippen MR) is 64.7 cm³/mol. The second-order valence-corrected chi connectivity index (χ2v) is 6.70. The molecule has 3 saturated heterocycles. The van der Waals surface area contributed by atoms with Gasteiger partial charge in [-0.25, -0.2) is 4.39 Å². The van der Waals surface area contributed by atoms with E-state index in [0.29, 0.717) is 13.1 Å². The van der Waals surface area contributed by atoms with E-state index in [2.05, 4.69) is 5.32 Å². The van der Waals surface area contributed by atoms with E-state index in [1.165, 1.54) is 11.5 Å². The van der Waals surface area contributed by atoms with E-state index in [1.807, 2.05) is 11.8 Å². The van der Waals surface area contributed by atoms with Gasteiger partial charge in [0.1, 0.15) is 5.67 Å². The van der Waals surface area contributed by atoms with Crippen molar-refractivity contribution in [3.8, 4) is 0 Å². The molecule has 3 aliphatic heterocycles. The van der Waals surface area contributed by atoms with Crippen molar-refractivity contribution in [1.82, 2.24) is 5.32 Å². The molecule has 0 amide bonds. The maximum atomic E-state index is 14.4. The quantitative estimate of drug-likeness (QED) is 0.763. The minimum atomic E-state index is -0.929. The van der Waals surface area contributed by atoms with Gasteiger partial charge in [-0.15, -0.1) is 0 Å². The molecule has 0 aromatic heterocycles. The fraction of sp³-hybridized carbons (Fsp3) is 1.00. The summed E-state index contributed by atoms with van der Waals surface area (Å²) in [5, 5.41) is 3.07. The average molecular weight is 245 g/mol. The van der Waals surface area contributed by atoms with Crippen molar-refractivity contribution in [2.75, 3.05) is 31.2 Å². The van der Waals surface area contributed by atoms with E-state index < -0.39 is 5.67 Å². The highest BCUT2D eigenvalue weighted by Crippen LogP contribution is 2.45. The lowest BCUT2D eigenvalue weighted by atomic mass is 9.72. The van der Waals surface area contributed by atoms with E-state index in [4.69, 9.17) is 4.74 Å². The van der Waals surface area contributed by atoms with Crippen LogP contribution < -0.4 is 5.32 Å². The van der Waals surface area contributed by atoms with Crippen molar-refractivity contribution in [1.29, 1.82) is 0 Å². The Bertz CT molecular complexity index is 258. The second kappa shape index (κ2) is 4.14. The zero-order valence-corrected chi connectivity index (χ0v) is 10.5. The smallest absolute Gasteiger partial charge is 0.138 e. The zero-order chi connectivity index (χ0) is 11.1.